The van der Waals surface area contributed by atoms with Crippen molar-refractivity contribution in [2.24, 2.45) is 7.05 Å². The zero-order valence-corrected chi connectivity index (χ0v) is 12.8. The number of carbonyl (C=O) groups excluding carboxylic acids is 1. The number of esters is 1. The molecule has 0 fully saturated rings. The van der Waals surface area contributed by atoms with Gasteiger partial charge in [0.05, 0.1) is 16.8 Å². The summed E-state index contributed by atoms with van der Waals surface area (Å²) in [7, 11) is 1.86. The third-order valence-corrected chi connectivity index (χ3v) is 3.64. The van der Waals surface area contributed by atoms with Crippen molar-refractivity contribution in [2.45, 2.75) is 20.5 Å². The number of hydrogen-bond acceptors (Lipinski definition) is 4. The van der Waals surface area contributed by atoms with E-state index in [1.165, 1.54) is 0 Å². The average Bonchev–Trinajstić information content (AvgIpc) is 2.89. The second-order valence-corrected chi connectivity index (χ2v) is 5.35. The first kappa shape index (κ1) is 14.3. The van der Waals surface area contributed by atoms with E-state index in [2.05, 4.69) is 9.97 Å². The lowest BCUT2D eigenvalue weighted by molar-refractivity contribution is 0.0458. The number of rotatable bonds is 3. The molecule has 0 aliphatic carbocycles. The Morgan fingerprint density at radius 2 is 2.09 bits per heavy atom. The predicted octanol–water partition coefficient (Wildman–Crippen LogP) is 2.94. The van der Waals surface area contributed by atoms with Gasteiger partial charge in [0.15, 0.2) is 0 Å². The molecule has 0 amide bonds. The molecule has 2 heterocycles. The van der Waals surface area contributed by atoms with Crippen LogP contribution in [-0.4, -0.2) is 20.5 Å². The normalized spacial score (nSPS) is 10.9. The number of ether oxygens (including phenoxy) is 1. The van der Waals surface area contributed by atoms with E-state index in [0.717, 1.165) is 16.5 Å². The van der Waals surface area contributed by atoms with Gasteiger partial charge in [-0.3, -0.25) is 4.98 Å². The maximum absolute atomic E-state index is 12.3. The van der Waals surface area contributed by atoms with Gasteiger partial charge in [0, 0.05) is 24.8 Å². The van der Waals surface area contributed by atoms with Gasteiger partial charge in [-0.15, -0.1) is 0 Å². The molecule has 2 aromatic heterocycles. The molecule has 22 heavy (non-hydrogen) atoms. The molecular weight excluding hydrogens is 278 g/mol. The SMILES string of the molecule is Cc1ccc2cc(C(=O)OCc3nccn3C)c(C)nc2c1. The smallest absolute Gasteiger partial charge is 0.340 e. The van der Waals surface area contributed by atoms with Crippen LogP contribution in [0.3, 0.4) is 0 Å². The standard InChI is InChI=1S/C17H17N3O2/c1-11-4-5-13-9-14(12(2)19-15(13)8-11)17(21)22-10-16-18-6-7-20(16)3/h4-9H,10H2,1-3H3. The van der Waals surface area contributed by atoms with E-state index in [-0.39, 0.29) is 12.6 Å². The lowest BCUT2D eigenvalue weighted by Crippen LogP contribution is -2.10. The third-order valence-electron chi connectivity index (χ3n) is 3.64. The minimum absolute atomic E-state index is 0.147. The summed E-state index contributed by atoms with van der Waals surface area (Å²) in [6.45, 7) is 3.98. The Labute approximate surface area is 128 Å². The molecule has 3 aromatic rings. The Morgan fingerprint density at radius 1 is 1.27 bits per heavy atom. The molecule has 5 nitrogen and oxygen atoms in total. The molecule has 0 spiro atoms. The van der Waals surface area contributed by atoms with E-state index in [1.807, 2.05) is 55.9 Å². The largest absolute Gasteiger partial charge is 0.454 e. The van der Waals surface area contributed by atoms with Crippen molar-refractivity contribution < 1.29 is 9.53 Å². The summed E-state index contributed by atoms with van der Waals surface area (Å²) >= 11 is 0. The summed E-state index contributed by atoms with van der Waals surface area (Å²) in [4.78, 5) is 20.9. The Morgan fingerprint density at radius 3 is 2.82 bits per heavy atom. The van der Waals surface area contributed by atoms with Gasteiger partial charge in [-0.2, -0.15) is 0 Å². The predicted molar refractivity (Wildman–Crippen MR) is 83.5 cm³/mol. The maximum atomic E-state index is 12.3. The molecule has 0 N–H and O–H groups in total. The van der Waals surface area contributed by atoms with Crippen molar-refractivity contribution in [1.29, 1.82) is 0 Å². The third kappa shape index (κ3) is 2.70. The van der Waals surface area contributed by atoms with Crippen LogP contribution >= 0.6 is 0 Å². The van der Waals surface area contributed by atoms with Crippen LogP contribution in [0.2, 0.25) is 0 Å². The highest BCUT2D eigenvalue weighted by atomic mass is 16.5. The summed E-state index contributed by atoms with van der Waals surface area (Å²) < 4.78 is 7.17. The monoisotopic (exact) mass is 295 g/mol. The Hall–Kier alpha value is -2.69. The summed E-state index contributed by atoms with van der Waals surface area (Å²) in [5, 5.41) is 0.931. The molecule has 0 saturated carbocycles. The highest BCUT2D eigenvalue weighted by Gasteiger charge is 2.14. The van der Waals surface area contributed by atoms with E-state index < -0.39 is 0 Å². The Kier molecular flexibility index (Phi) is 3.63. The minimum atomic E-state index is -0.379. The number of hydrogen-bond donors (Lipinski definition) is 0. The van der Waals surface area contributed by atoms with Crippen LogP contribution in [0.4, 0.5) is 0 Å². The van der Waals surface area contributed by atoms with Crippen LogP contribution < -0.4 is 0 Å². The van der Waals surface area contributed by atoms with Crippen molar-refractivity contribution in [3.63, 3.8) is 0 Å². The van der Waals surface area contributed by atoms with Crippen LogP contribution in [-0.2, 0) is 18.4 Å². The highest BCUT2D eigenvalue weighted by molar-refractivity contribution is 5.95. The van der Waals surface area contributed by atoms with Crippen LogP contribution in [0.1, 0.15) is 27.4 Å². The van der Waals surface area contributed by atoms with Crippen molar-refractivity contribution in [3.8, 4) is 0 Å². The van der Waals surface area contributed by atoms with Crippen LogP contribution in [0.5, 0.6) is 0 Å². The molecule has 112 valence electrons. The lowest BCUT2D eigenvalue weighted by Gasteiger charge is -2.08. The van der Waals surface area contributed by atoms with Crippen LogP contribution in [0, 0.1) is 13.8 Å². The summed E-state index contributed by atoms with van der Waals surface area (Å²) in [5.41, 5.74) is 3.19. The number of aryl methyl sites for hydroxylation is 3. The average molecular weight is 295 g/mol. The number of nitrogens with zero attached hydrogens (tertiary/aromatic N) is 3. The molecular formula is C17H17N3O2. The first-order chi connectivity index (χ1) is 10.5. The molecule has 5 heteroatoms. The van der Waals surface area contributed by atoms with Crippen molar-refractivity contribution in [1.82, 2.24) is 14.5 Å². The fourth-order valence-corrected chi connectivity index (χ4v) is 2.32. The van der Waals surface area contributed by atoms with Gasteiger partial charge < -0.3 is 9.30 Å². The number of benzene rings is 1. The van der Waals surface area contributed by atoms with Crippen molar-refractivity contribution in [2.75, 3.05) is 0 Å². The van der Waals surface area contributed by atoms with Gasteiger partial charge >= 0.3 is 5.97 Å². The molecule has 0 aliphatic rings. The molecule has 0 saturated heterocycles. The van der Waals surface area contributed by atoms with Crippen molar-refractivity contribution >= 4 is 16.9 Å². The topological polar surface area (TPSA) is 57.0 Å². The molecule has 3 rings (SSSR count). The van der Waals surface area contributed by atoms with Crippen LogP contribution in [0.15, 0.2) is 36.7 Å². The van der Waals surface area contributed by atoms with E-state index in [0.29, 0.717) is 17.1 Å². The zero-order chi connectivity index (χ0) is 15.7. The fraction of sp³-hybridized carbons (Fsp3) is 0.235. The fourth-order valence-electron chi connectivity index (χ4n) is 2.32. The van der Waals surface area contributed by atoms with Gasteiger partial charge in [0.1, 0.15) is 12.4 Å². The first-order valence-electron chi connectivity index (χ1n) is 7.06. The lowest BCUT2D eigenvalue weighted by atomic mass is 10.1. The Balaban J connectivity index is 1.85. The summed E-state index contributed by atoms with van der Waals surface area (Å²) in [6.07, 6.45) is 3.49. The molecule has 1 aromatic carbocycles. The van der Waals surface area contributed by atoms with E-state index in [4.69, 9.17) is 4.74 Å². The second kappa shape index (κ2) is 5.60. The maximum Gasteiger partial charge on any atom is 0.340 e. The highest BCUT2D eigenvalue weighted by Crippen LogP contribution is 2.19. The second-order valence-electron chi connectivity index (χ2n) is 5.35. The Bertz CT molecular complexity index is 852. The van der Waals surface area contributed by atoms with Gasteiger partial charge in [-0.05, 0) is 31.5 Å². The number of fused-ring (bicyclic) bond motifs is 1. The summed E-state index contributed by atoms with van der Waals surface area (Å²) in [6, 6.07) is 7.80. The number of pyridine rings is 1. The number of imidazole rings is 1. The number of aromatic nitrogens is 3. The molecule has 0 atom stereocenters. The number of carbonyl (C=O) groups is 1. The van der Waals surface area contributed by atoms with Gasteiger partial charge in [-0.1, -0.05) is 12.1 Å². The summed E-state index contributed by atoms with van der Waals surface area (Å²) in [5.74, 6) is 0.325. The van der Waals surface area contributed by atoms with E-state index in [9.17, 15) is 4.79 Å². The molecule has 0 bridgehead atoms. The quantitative estimate of drug-likeness (QED) is 0.697. The molecule has 0 radical (unpaired) electrons. The van der Waals surface area contributed by atoms with Gasteiger partial charge in [0.2, 0.25) is 0 Å². The minimum Gasteiger partial charge on any atom is -0.454 e. The van der Waals surface area contributed by atoms with Crippen LogP contribution in [0.25, 0.3) is 10.9 Å². The first-order valence-corrected chi connectivity index (χ1v) is 7.06. The van der Waals surface area contributed by atoms with Gasteiger partial charge in [0.25, 0.3) is 0 Å². The zero-order valence-electron chi connectivity index (χ0n) is 12.8. The van der Waals surface area contributed by atoms with E-state index >= 15 is 0 Å². The van der Waals surface area contributed by atoms with Gasteiger partial charge in [-0.25, -0.2) is 9.78 Å². The van der Waals surface area contributed by atoms with E-state index in [1.54, 1.807) is 6.20 Å². The van der Waals surface area contributed by atoms with Crippen molar-refractivity contribution in [3.05, 3.63) is 59.3 Å². The molecule has 0 unspecified atom stereocenters. The molecule has 0 aliphatic heterocycles.